The summed E-state index contributed by atoms with van der Waals surface area (Å²) in [6.07, 6.45) is 0.429. The maximum absolute atomic E-state index is 12.2. The third kappa shape index (κ3) is 6.76. The van der Waals surface area contributed by atoms with Crippen LogP contribution in [0.15, 0.2) is 60.7 Å². The van der Waals surface area contributed by atoms with Gasteiger partial charge >= 0.3 is 5.97 Å². The van der Waals surface area contributed by atoms with Crippen LogP contribution < -0.4 is 10.6 Å². The van der Waals surface area contributed by atoms with E-state index in [2.05, 4.69) is 10.6 Å². The fourth-order valence-electron chi connectivity index (χ4n) is 2.54. The van der Waals surface area contributed by atoms with Gasteiger partial charge in [0.05, 0.1) is 19.0 Å². The van der Waals surface area contributed by atoms with Gasteiger partial charge in [0.25, 0.3) is 0 Å². The van der Waals surface area contributed by atoms with Crippen LogP contribution in [0.25, 0.3) is 0 Å². The molecule has 0 aliphatic carbocycles. The predicted molar refractivity (Wildman–Crippen MR) is 97.4 cm³/mol. The topological polar surface area (TPSA) is 95.5 Å². The standard InChI is InChI=1S/C20H22N2O4/c23-18(13-15-7-3-1-4-8-15)21-14-19(24)22-17(11-12-20(25)26)16-9-5-2-6-10-16/h1-10,17H,11-14H2,(H,21,23)(H,22,24)(H,25,26). The van der Waals surface area contributed by atoms with Crippen molar-refractivity contribution in [3.05, 3.63) is 71.8 Å². The van der Waals surface area contributed by atoms with Gasteiger partial charge in [0.15, 0.2) is 0 Å². The summed E-state index contributed by atoms with van der Waals surface area (Å²) >= 11 is 0. The second-order valence-corrected chi connectivity index (χ2v) is 5.90. The average molecular weight is 354 g/mol. The first-order chi connectivity index (χ1) is 12.5. The first-order valence-electron chi connectivity index (χ1n) is 8.41. The van der Waals surface area contributed by atoms with Crippen LogP contribution >= 0.6 is 0 Å². The second-order valence-electron chi connectivity index (χ2n) is 5.90. The summed E-state index contributed by atoms with van der Waals surface area (Å²) in [5.41, 5.74) is 1.70. The highest BCUT2D eigenvalue weighted by Crippen LogP contribution is 2.18. The monoisotopic (exact) mass is 354 g/mol. The summed E-state index contributed by atoms with van der Waals surface area (Å²) in [6, 6.07) is 18.0. The van der Waals surface area contributed by atoms with E-state index < -0.39 is 12.0 Å². The molecule has 1 unspecified atom stereocenters. The SMILES string of the molecule is O=C(O)CCC(NC(=O)CNC(=O)Cc1ccccc1)c1ccccc1. The molecular formula is C20H22N2O4. The predicted octanol–water partition coefficient (Wildman–Crippen LogP) is 2.07. The van der Waals surface area contributed by atoms with Crippen LogP contribution in [0.3, 0.4) is 0 Å². The number of carboxylic acids is 1. The largest absolute Gasteiger partial charge is 0.481 e. The highest BCUT2D eigenvalue weighted by Gasteiger charge is 2.16. The summed E-state index contributed by atoms with van der Waals surface area (Å²) < 4.78 is 0. The Morgan fingerprint density at radius 2 is 1.50 bits per heavy atom. The Balaban J connectivity index is 1.86. The zero-order valence-electron chi connectivity index (χ0n) is 14.4. The van der Waals surface area contributed by atoms with Crippen LogP contribution in [0, 0.1) is 0 Å². The van der Waals surface area contributed by atoms with Gasteiger partial charge in [-0.05, 0) is 17.5 Å². The summed E-state index contributed by atoms with van der Waals surface area (Å²) in [5, 5.41) is 14.3. The van der Waals surface area contributed by atoms with Crippen LogP contribution in [0.5, 0.6) is 0 Å². The van der Waals surface area contributed by atoms with Crippen LogP contribution in [0.2, 0.25) is 0 Å². The molecule has 0 aliphatic heterocycles. The van der Waals surface area contributed by atoms with Gasteiger partial charge in [-0.3, -0.25) is 14.4 Å². The van der Waals surface area contributed by atoms with Gasteiger partial charge in [-0.15, -0.1) is 0 Å². The van der Waals surface area contributed by atoms with E-state index in [-0.39, 0.29) is 37.6 Å². The Morgan fingerprint density at radius 3 is 2.12 bits per heavy atom. The fraction of sp³-hybridized carbons (Fsp3) is 0.250. The zero-order chi connectivity index (χ0) is 18.8. The number of aliphatic carboxylic acids is 1. The lowest BCUT2D eigenvalue weighted by Gasteiger charge is -2.18. The third-order valence-corrected chi connectivity index (χ3v) is 3.84. The molecule has 6 heteroatoms. The molecule has 26 heavy (non-hydrogen) atoms. The number of carbonyl (C=O) groups excluding carboxylic acids is 2. The lowest BCUT2D eigenvalue weighted by molar-refractivity contribution is -0.137. The van der Waals surface area contributed by atoms with Crippen molar-refractivity contribution >= 4 is 17.8 Å². The maximum atomic E-state index is 12.2. The van der Waals surface area contributed by atoms with E-state index >= 15 is 0 Å². The van der Waals surface area contributed by atoms with Gasteiger partial charge in [-0.2, -0.15) is 0 Å². The molecule has 2 aromatic carbocycles. The van der Waals surface area contributed by atoms with Gasteiger partial charge < -0.3 is 15.7 Å². The van der Waals surface area contributed by atoms with E-state index in [9.17, 15) is 14.4 Å². The van der Waals surface area contributed by atoms with Crippen molar-refractivity contribution in [3.63, 3.8) is 0 Å². The van der Waals surface area contributed by atoms with E-state index in [1.807, 2.05) is 60.7 Å². The Bertz CT molecular complexity index is 732. The van der Waals surface area contributed by atoms with Gasteiger partial charge in [-0.25, -0.2) is 0 Å². The Labute approximate surface area is 152 Å². The molecule has 2 amide bonds. The van der Waals surface area contributed by atoms with Crippen molar-refractivity contribution in [1.82, 2.24) is 10.6 Å². The van der Waals surface area contributed by atoms with Gasteiger partial charge in [0.2, 0.25) is 11.8 Å². The highest BCUT2D eigenvalue weighted by molar-refractivity contribution is 5.85. The Kier molecular flexibility index (Phi) is 7.36. The zero-order valence-corrected chi connectivity index (χ0v) is 14.4. The van der Waals surface area contributed by atoms with Crippen LogP contribution in [0.1, 0.15) is 30.0 Å². The van der Waals surface area contributed by atoms with Crippen LogP contribution in [-0.4, -0.2) is 29.4 Å². The second kappa shape index (κ2) is 9.98. The summed E-state index contributed by atoms with van der Waals surface area (Å²) in [4.78, 5) is 34.9. The van der Waals surface area contributed by atoms with Crippen molar-refractivity contribution in [2.75, 3.05) is 6.54 Å². The molecule has 2 rings (SSSR count). The molecule has 1 atom stereocenters. The van der Waals surface area contributed by atoms with Crippen molar-refractivity contribution in [1.29, 1.82) is 0 Å². The molecule has 0 aromatic heterocycles. The van der Waals surface area contributed by atoms with E-state index in [0.29, 0.717) is 0 Å². The summed E-state index contributed by atoms with van der Waals surface area (Å²) in [7, 11) is 0. The van der Waals surface area contributed by atoms with Crippen molar-refractivity contribution in [2.45, 2.75) is 25.3 Å². The van der Waals surface area contributed by atoms with Crippen LogP contribution in [-0.2, 0) is 20.8 Å². The number of hydrogen-bond donors (Lipinski definition) is 3. The number of carboxylic acid groups (broad SMARTS) is 1. The molecule has 0 saturated heterocycles. The number of carbonyl (C=O) groups is 3. The first kappa shape index (κ1) is 19.2. The Hall–Kier alpha value is -3.15. The first-order valence-corrected chi connectivity index (χ1v) is 8.41. The molecule has 0 radical (unpaired) electrons. The number of amides is 2. The molecule has 136 valence electrons. The van der Waals surface area contributed by atoms with Gasteiger partial charge in [0.1, 0.15) is 0 Å². The van der Waals surface area contributed by atoms with E-state index in [1.165, 1.54) is 0 Å². The number of rotatable bonds is 9. The number of benzene rings is 2. The fourth-order valence-corrected chi connectivity index (χ4v) is 2.54. The number of nitrogens with one attached hydrogen (secondary N) is 2. The third-order valence-electron chi connectivity index (χ3n) is 3.84. The molecular weight excluding hydrogens is 332 g/mol. The molecule has 0 aliphatic rings. The minimum absolute atomic E-state index is 0.0553. The van der Waals surface area contributed by atoms with Gasteiger partial charge in [0, 0.05) is 6.42 Å². The normalized spacial score (nSPS) is 11.4. The molecule has 0 bridgehead atoms. The summed E-state index contributed by atoms with van der Waals surface area (Å²) in [6.45, 7) is -0.151. The molecule has 2 aromatic rings. The Morgan fingerprint density at radius 1 is 0.885 bits per heavy atom. The van der Waals surface area contributed by atoms with Crippen molar-refractivity contribution < 1.29 is 19.5 Å². The minimum Gasteiger partial charge on any atom is -0.481 e. The van der Waals surface area contributed by atoms with E-state index in [0.717, 1.165) is 11.1 Å². The maximum Gasteiger partial charge on any atom is 0.303 e. The average Bonchev–Trinajstić information content (AvgIpc) is 2.65. The highest BCUT2D eigenvalue weighted by atomic mass is 16.4. The summed E-state index contributed by atoms with van der Waals surface area (Å²) in [5.74, 6) is -1.52. The van der Waals surface area contributed by atoms with E-state index in [1.54, 1.807) is 0 Å². The smallest absolute Gasteiger partial charge is 0.303 e. The molecule has 0 heterocycles. The molecule has 6 nitrogen and oxygen atoms in total. The number of hydrogen-bond acceptors (Lipinski definition) is 3. The molecule has 0 fully saturated rings. The lowest BCUT2D eigenvalue weighted by Crippen LogP contribution is -2.39. The van der Waals surface area contributed by atoms with Gasteiger partial charge in [-0.1, -0.05) is 60.7 Å². The minimum atomic E-state index is -0.920. The molecule has 3 N–H and O–H groups in total. The van der Waals surface area contributed by atoms with E-state index in [4.69, 9.17) is 5.11 Å². The quantitative estimate of drug-likeness (QED) is 0.642. The van der Waals surface area contributed by atoms with Crippen molar-refractivity contribution in [3.8, 4) is 0 Å². The lowest BCUT2D eigenvalue weighted by atomic mass is 10.0. The van der Waals surface area contributed by atoms with Crippen molar-refractivity contribution in [2.24, 2.45) is 0 Å². The van der Waals surface area contributed by atoms with Crippen LogP contribution in [0.4, 0.5) is 0 Å². The molecule has 0 spiro atoms. The molecule has 0 saturated carbocycles.